The summed E-state index contributed by atoms with van der Waals surface area (Å²) in [6, 6.07) is 4.56. The minimum Gasteiger partial charge on any atom is -0.268 e. The summed E-state index contributed by atoms with van der Waals surface area (Å²) >= 11 is 2.00. The molecule has 0 fully saturated rings. The predicted molar refractivity (Wildman–Crippen MR) is 86.3 cm³/mol. The third-order valence-corrected chi connectivity index (χ3v) is 7.52. The predicted octanol–water partition coefficient (Wildman–Crippen LogP) is 1.26. The number of carbonyl (C=O) groups excluding carboxylic acids is 1. The van der Waals surface area contributed by atoms with Crippen molar-refractivity contribution in [2.24, 2.45) is 0 Å². The standard InChI is InChI=1S/C12H14INO5S2/c1-2-20(16,17)7-3-6-14-12(15)10-8-9(13)4-5-11(10)21(14,18)19/h4-5,8H,2-3,6-7H2,1H3. The van der Waals surface area contributed by atoms with Crippen LogP contribution >= 0.6 is 22.6 Å². The number of hydrogen-bond acceptors (Lipinski definition) is 5. The van der Waals surface area contributed by atoms with Crippen LogP contribution in [0.2, 0.25) is 0 Å². The number of benzene rings is 1. The molecular weight excluding hydrogens is 429 g/mol. The molecule has 0 N–H and O–H groups in total. The molecule has 0 saturated heterocycles. The maximum atomic E-state index is 12.3. The van der Waals surface area contributed by atoms with E-state index in [2.05, 4.69) is 0 Å². The van der Waals surface area contributed by atoms with Crippen molar-refractivity contribution in [2.45, 2.75) is 18.2 Å². The Labute approximate surface area is 137 Å². The third kappa shape index (κ3) is 3.24. The molecule has 1 aliphatic rings. The minimum absolute atomic E-state index is 0.00607. The first-order valence-corrected chi connectivity index (χ1v) is 10.6. The molecule has 0 saturated carbocycles. The molecule has 1 aromatic rings. The first-order valence-electron chi connectivity index (χ1n) is 6.26. The molecule has 2 rings (SSSR count). The number of sulfone groups is 1. The summed E-state index contributed by atoms with van der Waals surface area (Å²) in [4.78, 5) is 12.2. The summed E-state index contributed by atoms with van der Waals surface area (Å²) in [6.45, 7) is 1.41. The van der Waals surface area contributed by atoms with Crippen LogP contribution in [0.3, 0.4) is 0 Å². The zero-order chi connectivity index (χ0) is 15.8. The van der Waals surface area contributed by atoms with Gasteiger partial charge in [-0.15, -0.1) is 0 Å². The van der Waals surface area contributed by atoms with Crippen LogP contribution in [0.5, 0.6) is 0 Å². The number of amides is 1. The van der Waals surface area contributed by atoms with Gasteiger partial charge in [-0.2, -0.15) is 0 Å². The number of hydrogen-bond donors (Lipinski definition) is 0. The summed E-state index contributed by atoms with van der Waals surface area (Å²) in [5.74, 6) is -0.708. The molecule has 0 aliphatic carbocycles. The molecule has 0 radical (unpaired) electrons. The molecule has 0 spiro atoms. The lowest BCUT2D eigenvalue weighted by Gasteiger charge is -2.14. The smallest absolute Gasteiger partial charge is 0.268 e. The average molecular weight is 443 g/mol. The molecule has 1 aliphatic heterocycles. The maximum Gasteiger partial charge on any atom is 0.269 e. The second kappa shape index (κ2) is 5.84. The zero-order valence-electron chi connectivity index (χ0n) is 11.2. The highest BCUT2D eigenvalue weighted by atomic mass is 127. The Hall–Kier alpha value is -0.680. The van der Waals surface area contributed by atoms with Crippen molar-refractivity contribution in [1.29, 1.82) is 0 Å². The lowest BCUT2D eigenvalue weighted by molar-refractivity contribution is 0.0871. The van der Waals surface area contributed by atoms with Gasteiger partial charge in [-0.25, -0.2) is 21.1 Å². The van der Waals surface area contributed by atoms with E-state index in [1.165, 1.54) is 19.1 Å². The monoisotopic (exact) mass is 443 g/mol. The quantitative estimate of drug-likeness (QED) is 0.640. The lowest BCUT2D eigenvalue weighted by atomic mass is 10.2. The first kappa shape index (κ1) is 16.7. The van der Waals surface area contributed by atoms with Gasteiger partial charge >= 0.3 is 0 Å². The van der Waals surface area contributed by atoms with Crippen molar-refractivity contribution in [3.63, 3.8) is 0 Å². The summed E-state index contributed by atoms with van der Waals surface area (Å²) in [6.07, 6.45) is 0.103. The fourth-order valence-corrected chi connectivity index (χ4v) is 4.99. The Kier molecular flexibility index (Phi) is 4.64. The van der Waals surface area contributed by atoms with Gasteiger partial charge in [0.15, 0.2) is 0 Å². The molecule has 0 unspecified atom stereocenters. The van der Waals surface area contributed by atoms with Crippen LogP contribution in [0, 0.1) is 3.57 Å². The molecule has 6 nitrogen and oxygen atoms in total. The normalized spacial score (nSPS) is 17.0. The van der Waals surface area contributed by atoms with Crippen molar-refractivity contribution >= 4 is 48.4 Å². The highest BCUT2D eigenvalue weighted by Crippen LogP contribution is 2.31. The molecule has 1 amide bonds. The molecule has 0 aromatic heterocycles. The van der Waals surface area contributed by atoms with Gasteiger partial charge in [0.2, 0.25) is 0 Å². The van der Waals surface area contributed by atoms with E-state index in [0.29, 0.717) is 0 Å². The van der Waals surface area contributed by atoms with Gasteiger partial charge in [0.25, 0.3) is 15.9 Å². The van der Waals surface area contributed by atoms with Gasteiger partial charge in [0.1, 0.15) is 14.7 Å². The van der Waals surface area contributed by atoms with E-state index in [1.807, 2.05) is 22.6 Å². The Morgan fingerprint density at radius 1 is 1.29 bits per heavy atom. The van der Waals surface area contributed by atoms with E-state index >= 15 is 0 Å². The number of carbonyl (C=O) groups is 1. The summed E-state index contributed by atoms with van der Waals surface area (Å²) in [5.41, 5.74) is 0.153. The van der Waals surface area contributed by atoms with Gasteiger partial charge in [0, 0.05) is 15.9 Å². The highest BCUT2D eigenvalue weighted by Gasteiger charge is 2.40. The Bertz CT molecular complexity index is 786. The summed E-state index contributed by atoms with van der Waals surface area (Å²) in [5, 5.41) is 0. The molecular formula is C12H14INO5S2. The van der Waals surface area contributed by atoms with Gasteiger partial charge < -0.3 is 0 Å². The van der Waals surface area contributed by atoms with E-state index in [-0.39, 0.29) is 34.9 Å². The van der Waals surface area contributed by atoms with Gasteiger partial charge in [0.05, 0.1) is 11.3 Å². The largest absolute Gasteiger partial charge is 0.269 e. The molecule has 1 aromatic carbocycles. The molecule has 0 bridgehead atoms. The molecule has 116 valence electrons. The molecule has 9 heteroatoms. The van der Waals surface area contributed by atoms with Crippen LogP contribution in [-0.4, -0.2) is 45.1 Å². The lowest BCUT2D eigenvalue weighted by Crippen LogP contribution is -2.32. The highest BCUT2D eigenvalue weighted by molar-refractivity contribution is 14.1. The minimum atomic E-state index is -3.85. The van der Waals surface area contributed by atoms with E-state index in [4.69, 9.17) is 0 Å². The molecule has 1 heterocycles. The van der Waals surface area contributed by atoms with Crippen molar-refractivity contribution < 1.29 is 21.6 Å². The third-order valence-electron chi connectivity index (χ3n) is 3.22. The van der Waals surface area contributed by atoms with E-state index in [0.717, 1.165) is 7.88 Å². The van der Waals surface area contributed by atoms with Crippen molar-refractivity contribution in [3.8, 4) is 0 Å². The SMILES string of the molecule is CCS(=O)(=O)CCCN1C(=O)c2cc(I)ccc2S1(=O)=O. The maximum absolute atomic E-state index is 12.3. The van der Waals surface area contributed by atoms with Gasteiger partial charge in [-0.1, -0.05) is 6.92 Å². The van der Waals surface area contributed by atoms with E-state index < -0.39 is 25.8 Å². The average Bonchev–Trinajstić information content (AvgIpc) is 2.59. The molecule has 21 heavy (non-hydrogen) atoms. The van der Waals surface area contributed by atoms with Gasteiger partial charge in [-0.05, 0) is 47.2 Å². The fraction of sp³-hybridized carbons (Fsp3) is 0.417. The van der Waals surface area contributed by atoms with Gasteiger partial charge in [-0.3, -0.25) is 4.79 Å². The van der Waals surface area contributed by atoms with Crippen LogP contribution in [0.1, 0.15) is 23.7 Å². The second-order valence-corrected chi connectivity index (χ2v) is 10.2. The topological polar surface area (TPSA) is 88.6 Å². The first-order chi connectivity index (χ1) is 9.69. The second-order valence-electron chi connectivity index (χ2n) is 4.61. The summed E-state index contributed by atoms with van der Waals surface area (Å²) in [7, 11) is -7.03. The van der Waals surface area contributed by atoms with Crippen molar-refractivity contribution in [3.05, 3.63) is 27.3 Å². The Morgan fingerprint density at radius 3 is 2.57 bits per heavy atom. The Morgan fingerprint density at radius 2 is 1.95 bits per heavy atom. The number of sulfonamides is 1. The Balaban J connectivity index is 2.22. The van der Waals surface area contributed by atoms with Crippen LogP contribution in [0.25, 0.3) is 0 Å². The van der Waals surface area contributed by atoms with Crippen molar-refractivity contribution in [1.82, 2.24) is 4.31 Å². The van der Waals surface area contributed by atoms with Crippen molar-refractivity contribution in [2.75, 3.05) is 18.1 Å². The number of fused-ring (bicyclic) bond motifs is 1. The van der Waals surface area contributed by atoms with E-state index in [1.54, 1.807) is 6.07 Å². The summed E-state index contributed by atoms with van der Waals surface area (Å²) < 4.78 is 49.0. The number of halogens is 1. The van der Waals surface area contributed by atoms with E-state index in [9.17, 15) is 21.6 Å². The number of nitrogens with zero attached hydrogens (tertiary/aromatic N) is 1. The van der Waals surface area contributed by atoms with Crippen LogP contribution in [0.15, 0.2) is 23.1 Å². The zero-order valence-corrected chi connectivity index (χ0v) is 15.0. The van der Waals surface area contributed by atoms with Crippen LogP contribution < -0.4 is 0 Å². The van der Waals surface area contributed by atoms with Crippen LogP contribution in [0.4, 0.5) is 0 Å². The fourth-order valence-electron chi connectivity index (χ4n) is 2.05. The number of rotatable bonds is 5. The molecule has 0 atom stereocenters. The van der Waals surface area contributed by atoms with Crippen LogP contribution in [-0.2, 0) is 19.9 Å².